The molecule has 0 amide bonds. The Morgan fingerprint density at radius 3 is 1.98 bits per heavy atom. The van der Waals surface area contributed by atoms with E-state index in [0.29, 0.717) is 10.9 Å². The Hall–Kier alpha value is -5.78. The highest BCUT2D eigenvalue weighted by Gasteiger charge is 2.24. The largest absolute Gasteiger partial charge is 0.292 e. The molecule has 212 valence electrons. The molecule has 9 aromatic rings. The van der Waals surface area contributed by atoms with Gasteiger partial charge < -0.3 is 0 Å². The van der Waals surface area contributed by atoms with Crippen LogP contribution in [0.5, 0.6) is 0 Å². The maximum Gasteiger partial charge on any atom is 0.265 e. The van der Waals surface area contributed by atoms with Crippen molar-refractivity contribution in [3.8, 4) is 11.5 Å². The van der Waals surface area contributed by atoms with Gasteiger partial charge in [-0.15, -0.1) is 11.3 Å². The van der Waals surface area contributed by atoms with Crippen molar-refractivity contribution in [1.29, 1.82) is 0 Å². The van der Waals surface area contributed by atoms with Crippen LogP contribution in [0, 0.1) is 0 Å². The molecule has 4 heterocycles. The van der Waals surface area contributed by atoms with Crippen LogP contribution in [0.2, 0.25) is 0 Å². The summed E-state index contributed by atoms with van der Waals surface area (Å²) < 4.78 is 6.44. The van der Waals surface area contributed by atoms with Crippen LogP contribution >= 0.6 is 11.3 Å². The predicted molar refractivity (Wildman–Crippen MR) is 192 cm³/mol. The van der Waals surface area contributed by atoms with Gasteiger partial charge in [0.15, 0.2) is 0 Å². The second kappa shape index (κ2) is 9.61. The minimum absolute atomic E-state index is 0.0902. The van der Waals surface area contributed by atoms with E-state index in [-0.39, 0.29) is 5.56 Å². The summed E-state index contributed by atoms with van der Waals surface area (Å²) in [4.78, 5) is 19.4. The normalized spacial score (nSPS) is 11.8. The standard InChI is InChI=1S/C40H25N3OS/c1-3-25-26(4-2)36-29-18-10-13-21-33(29)45-39(36)38-35(25)27-16-8-11-19-31(27)43(38)34-23-22-30-37(41-34)28-17-9-12-20-32(28)42(40(30)44)24-14-6-5-7-15-24/h3-23H,1-2H2. The van der Waals surface area contributed by atoms with Crippen molar-refractivity contribution in [3.63, 3.8) is 0 Å². The zero-order valence-corrected chi connectivity index (χ0v) is 25.0. The van der Waals surface area contributed by atoms with Crippen LogP contribution in [0.3, 0.4) is 0 Å². The number of rotatable bonds is 4. The number of para-hydroxylation sites is 3. The van der Waals surface area contributed by atoms with Gasteiger partial charge in [0.05, 0.1) is 32.2 Å². The van der Waals surface area contributed by atoms with Crippen molar-refractivity contribution >= 4 is 87.3 Å². The van der Waals surface area contributed by atoms with Gasteiger partial charge in [-0.3, -0.25) is 13.9 Å². The molecule has 4 nitrogen and oxygen atoms in total. The average molecular weight is 596 g/mol. The van der Waals surface area contributed by atoms with E-state index in [9.17, 15) is 4.79 Å². The lowest BCUT2D eigenvalue weighted by molar-refractivity contribution is 1.05. The minimum Gasteiger partial charge on any atom is -0.292 e. The zero-order chi connectivity index (χ0) is 30.2. The third kappa shape index (κ3) is 3.47. The molecule has 0 radical (unpaired) electrons. The van der Waals surface area contributed by atoms with E-state index in [1.54, 1.807) is 15.9 Å². The second-order valence-corrected chi connectivity index (χ2v) is 12.2. The summed E-state index contributed by atoms with van der Waals surface area (Å²) in [7, 11) is 0. The van der Waals surface area contributed by atoms with Crippen LogP contribution < -0.4 is 5.56 Å². The number of thiophene rings is 1. The molecule has 5 aromatic carbocycles. The molecule has 0 unspecified atom stereocenters. The quantitative estimate of drug-likeness (QED) is 0.190. The highest BCUT2D eigenvalue weighted by atomic mass is 32.1. The minimum atomic E-state index is -0.0902. The molecule has 45 heavy (non-hydrogen) atoms. The molecule has 9 rings (SSSR count). The van der Waals surface area contributed by atoms with Crippen LogP contribution in [-0.4, -0.2) is 14.1 Å². The van der Waals surface area contributed by atoms with Crippen molar-refractivity contribution in [2.75, 3.05) is 0 Å². The van der Waals surface area contributed by atoms with Gasteiger partial charge in [0, 0.05) is 37.3 Å². The van der Waals surface area contributed by atoms with Crippen LogP contribution in [-0.2, 0) is 0 Å². The molecule has 0 fully saturated rings. The molecule has 0 saturated carbocycles. The fraction of sp³-hybridized carbons (Fsp3) is 0. The lowest BCUT2D eigenvalue weighted by Crippen LogP contribution is -2.19. The molecule has 0 aliphatic rings. The van der Waals surface area contributed by atoms with E-state index in [0.717, 1.165) is 55.3 Å². The lowest BCUT2D eigenvalue weighted by Gasteiger charge is -2.15. The second-order valence-electron chi connectivity index (χ2n) is 11.2. The highest BCUT2D eigenvalue weighted by Crippen LogP contribution is 2.47. The maximum atomic E-state index is 14.1. The first-order valence-electron chi connectivity index (χ1n) is 14.8. The zero-order valence-electron chi connectivity index (χ0n) is 24.2. The summed E-state index contributed by atoms with van der Waals surface area (Å²) in [5.74, 6) is 0.760. The molecule has 0 aliphatic heterocycles. The van der Waals surface area contributed by atoms with E-state index in [1.165, 1.54) is 20.2 Å². The summed E-state index contributed by atoms with van der Waals surface area (Å²) in [6, 6.07) is 38.7. The van der Waals surface area contributed by atoms with Crippen LogP contribution in [0.25, 0.3) is 87.4 Å². The van der Waals surface area contributed by atoms with E-state index >= 15 is 0 Å². The predicted octanol–water partition coefficient (Wildman–Crippen LogP) is 10.3. The summed E-state index contributed by atoms with van der Waals surface area (Å²) in [6.45, 7) is 8.50. The van der Waals surface area contributed by atoms with Gasteiger partial charge in [0.1, 0.15) is 5.82 Å². The lowest BCUT2D eigenvalue weighted by atomic mass is 9.95. The van der Waals surface area contributed by atoms with E-state index < -0.39 is 0 Å². The van der Waals surface area contributed by atoms with Crippen LogP contribution in [0.4, 0.5) is 0 Å². The van der Waals surface area contributed by atoms with Crippen LogP contribution in [0.15, 0.2) is 133 Å². The number of hydrogen-bond donors (Lipinski definition) is 0. The molecule has 0 bridgehead atoms. The van der Waals surface area contributed by atoms with Crippen molar-refractivity contribution in [2.45, 2.75) is 0 Å². The Morgan fingerprint density at radius 2 is 1.22 bits per heavy atom. The fourth-order valence-electron chi connectivity index (χ4n) is 7.02. The number of hydrogen-bond acceptors (Lipinski definition) is 3. The van der Waals surface area contributed by atoms with Crippen molar-refractivity contribution < 1.29 is 0 Å². The Kier molecular flexibility index (Phi) is 5.49. The molecular weight excluding hydrogens is 571 g/mol. The van der Waals surface area contributed by atoms with Gasteiger partial charge in [0.2, 0.25) is 0 Å². The first-order chi connectivity index (χ1) is 22.2. The smallest absolute Gasteiger partial charge is 0.265 e. The summed E-state index contributed by atoms with van der Waals surface area (Å²) in [5.41, 5.74) is 6.53. The Bertz CT molecular complexity index is 2760. The van der Waals surface area contributed by atoms with Gasteiger partial charge in [-0.25, -0.2) is 4.98 Å². The monoisotopic (exact) mass is 595 g/mol. The van der Waals surface area contributed by atoms with E-state index in [4.69, 9.17) is 4.98 Å². The highest BCUT2D eigenvalue weighted by molar-refractivity contribution is 7.26. The Labute approximate surface area is 262 Å². The fourth-order valence-corrected chi connectivity index (χ4v) is 8.28. The first-order valence-corrected chi connectivity index (χ1v) is 15.7. The maximum absolute atomic E-state index is 14.1. The third-order valence-electron chi connectivity index (χ3n) is 8.88. The van der Waals surface area contributed by atoms with E-state index in [2.05, 4.69) is 72.3 Å². The van der Waals surface area contributed by atoms with Crippen molar-refractivity contribution in [1.82, 2.24) is 14.1 Å². The average Bonchev–Trinajstić information content (AvgIpc) is 3.65. The van der Waals surface area contributed by atoms with Crippen molar-refractivity contribution in [2.24, 2.45) is 0 Å². The number of nitrogens with zero attached hydrogens (tertiary/aromatic N) is 3. The number of fused-ring (bicyclic) bond motifs is 10. The molecule has 0 saturated heterocycles. The van der Waals surface area contributed by atoms with Crippen LogP contribution in [0.1, 0.15) is 11.1 Å². The van der Waals surface area contributed by atoms with Gasteiger partial charge >= 0.3 is 0 Å². The summed E-state index contributed by atoms with van der Waals surface area (Å²) in [5, 5.41) is 6.13. The molecule has 5 heteroatoms. The van der Waals surface area contributed by atoms with E-state index in [1.807, 2.05) is 72.8 Å². The van der Waals surface area contributed by atoms with Gasteiger partial charge in [-0.2, -0.15) is 0 Å². The van der Waals surface area contributed by atoms with Gasteiger partial charge in [-0.1, -0.05) is 98.1 Å². The topological polar surface area (TPSA) is 39.8 Å². The molecule has 4 aromatic heterocycles. The Morgan fingerprint density at radius 1 is 0.600 bits per heavy atom. The SMILES string of the molecule is C=Cc1c(C=C)c2c3ccccc3n(-c3ccc4c(=O)n(-c5ccccc5)c5ccccc5c4n3)c2c2sc3ccccc3c12. The third-order valence-corrected chi connectivity index (χ3v) is 10.1. The molecule has 0 atom stereocenters. The number of aromatic nitrogens is 3. The molecule has 0 N–H and O–H groups in total. The number of benzene rings is 5. The van der Waals surface area contributed by atoms with Gasteiger partial charge in [0.25, 0.3) is 5.56 Å². The molecular formula is C40H25N3OS. The molecule has 0 aliphatic carbocycles. The summed E-state index contributed by atoms with van der Waals surface area (Å²) >= 11 is 1.79. The summed E-state index contributed by atoms with van der Waals surface area (Å²) in [6.07, 6.45) is 3.91. The number of pyridine rings is 2. The molecule has 0 spiro atoms. The van der Waals surface area contributed by atoms with Crippen molar-refractivity contribution in [3.05, 3.63) is 150 Å². The Balaban J connectivity index is 1.47. The van der Waals surface area contributed by atoms with Gasteiger partial charge in [-0.05, 0) is 53.6 Å². The first kappa shape index (κ1) is 25.7.